The van der Waals surface area contributed by atoms with Crippen molar-refractivity contribution in [1.82, 2.24) is 0 Å². The van der Waals surface area contributed by atoms with Crippen LogP contribution in [0.2, 0.25) is 0 Å². The first-order chi connectivity index (χ1) is 6.79. The van der Waals surface area contributed by atoms with Crippen LogP contribution in [0.15, 0.2) is 45.5 Å². The molecule has 0 aliphatic heterocycles. The second-order valence-electron chi connectivity index (χ2n) is 2.94. The largest absolute Gasteiger partial charge is 0.449 e. The molecule has 0 fully saturated rings. The first-order valence-electron chi connectivity index (χ1n) is 4.20. The fourth-order valence-corrected chi connectivity index (χ4v) is 1.93. The van der Waals surface area contributed by atoms with E-state index in [0.717, 1.165) is 21.3 Å². The molecule has 1 nitrogen and oxygen atoms in total. The number of alkyl halides is 1. The number of rotatable bonds is 2. The Morgan fingerprint density at radius 2 is 2.00 bits per heavy atom. The highest BCUT2D eigenvalue weighted by atomic mass is 79.9. The van der Waals surface area contributed by atoms with Gasteiger partial charge in [0.25, 0.3) is 0 Å². The van der Waals surface area contributed by atoms with Crippen molar-refractivity contribution in [3.8, 4) is 11.3 Å². The number of benzene rings is 1. The summed E-state index contributed by atoms with van der Waals surface area (Å²) in [5, 5.41) is 0.864. The van der Waals surface area contributed by atoms with Crippen LogP contribution in [0.5, 0.6) is 0 Å². The third kappa shape index (κ3) is 2.10. The topological polar surface area (TPSA) is 13.1 Å². The van der Waals surface area contributed by atoms with Crippen molar-refractivity contribution in [3.05, 3.63) is 46.6 Å². The second kappa shape index (κ2) is 4.32. The van der Waals surface area contributed by atoms with Gasteiger partial charge in [-0.1, -0.05) is 34.1 Å². The Balaban J connectivity index is 2.41. The summed E-state index contributed by atoms with van der Waals surface area (Å²) < 4.78 is 6.23. The maximum absolute atomic E-state index is 5.47. The molecule has 14 heavy (non-hydrogen) atoms. The highest BCUT2D eigenvalue weighted by Crippen LogP contribution is 2.25. The van der Waals surface area contributed by atoms with Crippen LogP contribution in [-0.2, 0) is 5.33 Å². The molecule has 0 aliphatic carbocycles. The molecule has 0 N–H and O–H groups in total. The normalized spacial score (nSPS) is 10.4. The third-order valence-electron chi connectivity index (χ3n) is 1.94. The fraction of sp³-hybridized carbons (Fsp3) is 0.0909. The summed E-state index contributed by atoms with van der Waals surface area (Å²) >= 11 is 6.72. The summed E-state index contributed by atoms with van der Waals surface area (Å²) in [6.45, 7) is 0. The van der Waals surface area contributed by atoms with E-state index >= 15 is 0 Å². The Labute approximate surface area is 99.4 Å². The van der Waals surface area contributed by atoms with Crippen LogP contribution in [0.1, 0.15) is 5.56 Å². The van der Waals surface area contributed by atoms with Gasteiger partial charge in [-0.25, -0.2) is 0 Å². The molecular weight excluding hydrogens is 308 g/mol. The number of halogens is 2. The molecule has 0 amide bonds. The van der Waals surface area contributed by atoms with Gasteiger partial charge in [-0.15, -0.1) is 0 Å². The summed E-state index contributed by atoms with van der Waals surface area (Å²) in [5.41, 5.74) is 2.35. The Bertz CT molecular complexity index is 434. The van der Waals surface area contributed by atoms with Gasteiger partial charge in [-0.2, -0.15) is 0 Å². The monoisotopic (exact) mass is 314 g/mol. The van der Waals surface area contributed by atoms with Crippen LogP contribution in [0.25, 0.3) is 11.3 Å². The van der Waals surface area contributed by atoms with E-state index in [1.165, 1.54) is 5.56 Å². The zero-order valence-electron chi connectivity index (χ0n) is 7.34. The van der Waals surface area contributed by atoms with Crippen molar-refractivity contribution in [1.29, 1.82) is 0 Å². The van der Waals surface area contributed by atoms with Crippen LogP contribution in [0, 0.1) is 0 Å². The van der Waals surface area contributed by atoms with Crippen LogP contribution in [0.4, 0.5) is 0 Å². The third-order valence-corrected chi connectivity index (χ3v) is 3.01. The predicted octanol–water partition coefficient (Wildman–Crippen LogP) is 4.60. The molecule has 0 saturated carbocycles. The lowest BCUT2D eigenvalue weighted by atomic mass is 10.1. The first-order valence-corrected chi connectivity index (χ1v) is 6.11. The van der Waals surface area contributed by atoms with Crippen molar-refractivity contribution < 1.29 is 4.42 Å². The van der Waals surface area contributed by atoms with Crippen molar-refractivity contribution in [2.45, 2.75) is 5.33 Å². The first kappa shape index (κ1) is 9.99. The number of hydrogen-bond acceptors (Lipinski definition) is 1. The lowest BCUT2D eigenvalue weighted by Gasteiger charge is -1.99. The van der Waals surface area contributed by atoms with Crippen LogP contribution >= 0.6 is 31.9 Å². The van der Waals surface area contributed by atoms with Gasteiger partial charge >= 0.3 is 0 Å². The van der Waals surface area contributed by atoms with Gasteiger partial charge in [0, 0.05) is 10.9 Å². The van der Waals surface area contributed by atoms with E-state index in [1.54, 1.807) is 0 Å². The van der Waals surface area contributed by atoms with E-state index in [2.05, 4.69) is 44.0 Å². The van der Waals surface area contributed by atoms with Crippen molar-refractivity contribution in [3.63, 3.8) is 0 Å². The minimum absolute atomic E-state index is 0.761. The van der Waals surface area contributed by atoms with Crippen molar-refractivity contribution >= 4 is 31.9 Å². The lowest BCUT2D eigenvalue weighted by Crippen LogP contribution is -1.78. The molecule has 0 saturated heterocycles. The van der Waals surface area contributed by atoms with Gasteiger partial charge in [-0.3, -0.25) is 0 Å². The number of furan rings is 1. The molecule has 0 bridgehead atoms. The van der Waals surface area contributed by atoms with Gasteiger partial charge in [0.1, 0.15) is 5.76 Å². The fourth-order valence-electron chi connectivity index (χ4n) is 1.28. The van der Waals surface area contributed by atoms with E-state index < -0.39 is 0 Å². The smallest absolute Gasteiger partial charge is 0.169 e. The van der Waals surface area contributed by atoms with E-state index in [9.17, 15) is 0 Å². The van der Waals surface area contributed by atoms with Crippen LogP contribution in [-0.4, -0.2) is 0 Å². The molecule has 1 aromatic heterocycles. The molecule has 2 rings (SSSR count). The van der Waals surface area contributed by atoms with Gasteiger partial charge in [0.2, 0.25) is 0 Å². The molecule has 0 spiro atoms. The molecular formula is C11H8Br2O. The minimum Gasteiger partial charge on any atom is -0.449 e. The average Bonchev–Trinajstić information content (AvgIpc) is 2.65. The van der Waals surface area contributed by atoms with E-state index in [0.29, 0.717) is 0 Å². The predicted molar refractivity (Wildman–Crippen MR) is 64.5 cm³/mol. The van der Waals surface area contributed by atoms with E-state index in [4.69, 9.17) is 4.42 Å². The zero-order valence-corrected chi connectivity index (χ0v) is 10.5. The summed E-state index contributed by atoms with van der Waals surface area (Å²) in [5.74, 6) is 0.889. The second-order valence-corrected chi connectivity index (χ2v) is 4.28. The average molecular weight is 316 g/mol. The summed E-state index contributed by atoms with van der Waals surface area (Å²) in [4.78, 5) is 0. The van der Waals surface area contributed by atoms with Gasteiger partial charge in [-0.05, 0) is 39.7 Å². The molecule has 72 valence electrons. The summed E-state index contributed by atoms with van der Waals surface area (Å²) in [6.07, 6.45) is 0. The molecule has 2 aromatic rings. The standard InChI is InChI=1S/C11H8Br2O/c12-7-8-2-1-3-9(6-8)10-4-5-11(13)14-10/h1-6H,7H2. The summed E-state index contributed by atoms with van der Waals surface area (Å²) in [6, 6.07) is 12.1. The molecule has 0 aliphatic rings. The quantitative estimate of drug-likeness (QED) is 0.738. The zero-order chi connectivity index (χ0) is 9.97. The van der Waals surface area contributed by atoms with Crippen molar-refractivity contribution in [2.24, 2.45) is 0 Å². The highest BCUT2D eigenvalue weighted by Gasteiger charge is 2.02. The van der Waals surface area contributed by atoms with Crippen LogP contribution < -0.4 is 0 Å². The SMILES string of the molecule is BrCc1cccc(-c2ccc(Br)o2)c1. The number of hydrogen-bond donors (Lipinski definition) is 0. The summed E-state index contributed by atoms with van der Waals surface area (Å²) in [7, 11) is 0. The molecule has 1 heterocycles. The van der Waals surface area contributed by atoms with Crippen LogP contribution in [0.3, 0.4) is 0 Å². The Morgan fingerprint density at radius 3 is 2.64 bits per heavy atom. The Morgan fingerprint density at radius 1 is 1.14 bits per heavy atom. The molecule has 0 radical (unpaired) electrons. The lowest BCUT2D eigenvalue weighted by molar-refractivity contribution is 0.556. The maximum atomic E-state index is 5.47. The van der Waals surface area contributed by atoms with E-state index in [-0.39, 0.29) is 0 Å². The minimum atomic E-state index is 0.761. The molecule has 0 atom stereocenters. The Kier molecular flexibility index (Phi) is 3.08. The molecule has 1 aromatic carbocycles. The van der Waals surface area contributed by atoms with E-state index in [1.807, 2.05) is 24.3 Å². The molecule has 3 heteroatoms. The van der Waals surface area contributed by atoms with Gasteiger partial charge < -0.3 is 4.42 Å². The van der Waals surface area contributed by atoms with Crippen molar-refractivity contribution in [2.75, 3.05) is 0 Å². The van der Waals surface area contributed by atoms with Gasteiger partial charge in [0.15, 0.2) is 4.67 Å². The maximum Gasteiger partial charge on any atom is 0.169 e. The van der Waals surface area contributed by atoms with Gasteiger partial charge in [0.05, 0.1) is 0 Å². The highest BCUT2D eigenvalue weighted by molar-refractivity contribution is 9.10. The Hall–Kier alpha value is -0.540. The molecule has 0 unspecified atom stereocenters.